The first-order valence-corrected chi connectivity index (χ1v) is 6.84. The van der Waals surface area contributed by atoms with Gasteiger partial charge in [-0.15, -0.1) is 0 Å². The maximum atomic E-state index is 11.5. The fourth-order valence-electron chi connectivity index (χ4n) is 1.99. The van der Waals surface area contributed by atoms with E-state index in [2.05, 4.69) is 5.32 Å². The third-order valence-corrected chi connectivity index (χ3v) is 3.70. The summed E-state index contributed by atoms with van der Waals surface area (Å²) in [6.45, 7) is 1.91. The van der Waals surface area contributed by atoms with Gasteiger partial charge in [-0.25, -0.2) is 4.79 Å². The van der Waals surface area contributed by atoms with Crippen LogP contribution in [0, 0.1) is 0 Å². The van der Waals surface area contributed by atoms with Crippen molar-refractivity contribution < 1.29 is 9.53 Å². The van der Waals surface area contributed by atoms with E-state index in [1.807, 2.05) is 31.2 Å². The molecule has 20 heavy (non-hydrogen) atoms. The zero-order chi connectivity index (χ0) is 14.7. The molecule has 1 atom stereocenters. The number of anilines is 1. The monoisotopic (exact) mass is 307 g/mol. The maximum absolute atomic E-state index is 11.5. The molecule has 0 bridgehead atoms. The van der Waals surface area contributed by atoms with Crippen LogP contribution in [0.1, 0.15) is 6.92 Å². The van der Waals surface area contributed by atoms with Crippen molar-refractivity contribution in [2.24, 2.45) is 0 Å². The van der Waals surface area contributed by atoms with Crippen LogP contribution in [-0.4, -0.2) is 24.0 Å². The van der Waals surface area contributed by atoms with Gasteiger partial charge in [-0.1, -0.05) is 36.0 Å². The molecule has 0 saturated carbocycles. The highest BCUT2D eigenvalue weighted by Crippen LogP contribution is 2.26. The van der Waals surface area contributed by atoms with E-state index in [4.69, 9.17) is 28.6 Å². The van der Waals surface area contributed by atoms with E-state index < -0.39 is 0 Å². The third-order valence-electron chi connectivity index (χ3n) is 3.02. The fourth-order valence-corrected chi connectivity index (χ4v) is 2.55. The van der Waals surface area contributed by atoms with Gasteiger partial charge in [0.1, 0.15) is 0 Å². The Morgan fingerprint density at radius 3 is 2.65 bits per heavy atom. The maximum Gasteiger partial charge on any atom is 0.337 e. The number of nitrogens with one attached hydrogen (secondary N) is 1. The minimum Gasteiger partial charge on any atom is -0.465 e. The molecule has 1 unspecified atom stereocenters. The highest BCUT2D eigenvalue weighted by molar-refractivity contribution is 7.81. The molecule has 0 aromatic heterocycles. The number of carbonyl (C=O) groups excluding carboxylic acids is 1. The number of halogens is 1. The molecule has 1 aromatic carbocycles. The van der Waals surface area contributed by atoms with E-state index in [1.54, 1.807) is 12.2 Å². The number of esters is 1. The smallest absolute Gasteiger partial charge is 0.337 e. The van der Waals surface area contributed by atoms with E-state index in [-0.39, 0.29) is 12.0 Å². The quantitative estimate of drug-likeness (QED) is 0.684. The number of methoxy groups -OCH3 is 1. The number of hydrogen-bond acceptors (Lipinski definition) is 4. The fraction of sp³-hybridized carbons (Fsp3) is 0.200. The average Bonchev–Trinajstić information content (AvgIpc) is 2.43. The van der Waals surface area contributed by atoms with Crippen LogP contribution in [0.2, 0.25) is 5.02 Å². The Morgan fingerprint density at radius 2 is 2.05 bits per heavy atom. The van der Waals surface area contributed by atoms with Crippen LogP contribution >= 0.6 is 23.8 Å². The first-order valence-electron chi connectivity index (χ1n) is 6.06. The normalized spacial score (nSPS) is 18.1. The Morgan fingerprint density at radius 1 is 1.35 bits per heavy atom. The molecule has 5 heteroatoms. The Labute approximate surface area is 128 Å². The molecule has 1 N–H and O–H groups in total. The summed E-state index contributed by atoms with van der Waals surface area (Å²) in [4.78, 5) is 12.2. The molecule has 0 fully saturated rings. The van der Waals surface area contributed by atoms with Crippen molar-refractivity contribution in [3.05, 3.63) is 52.6 Å². The first kappa shape index (κ1) is 14.8. The van der Waals surface area contributed by atoms with E-state index in [0.29, 0.717) is 15.5 Å². The zero-order valence-corrected chi connectivity index (χ0v) is 12.7. The van der Waals surface area contributed by atoms with E-state index in [1.165, 1.54) is 7.11 Å². The average molecular weight is 308 g/mol. The topological polar surface area (TPSA) is 38.3 Å². The molecule has 1 aromatic rings. The van der Waals surface area contributed by atoms with Crippen molar-refractivity contribution in [2.45, 2.75) is 13.0 Å². The number of carbonyl (C=O) groups is 1. The Balaban J connectivity index is 2.23. The largest absolute Gasteiger partial charge is 0.465 e. The lowest BCUT2D eigenvalue weighted by Crippen LogP contribution is -2.31. The second-order valence-corrected chi connectivity index (χ2v) is 5.32. The summed E-state index contributed by atoms with van der Waals surface area (Å²) in [5.41, 5.74) is 2.22. The summed E-state index contributed by atoms with van der Waals surface area (Å²) >= 11 is 11.5. The van der Waals surface area contributed by atoms with Crippen LogP contribution in [-0.2, 0) is 9.53 Å². The van der Waals surface area contributed by atoms with Crippen LogP contribution in [0.4, 0.5) is 5.69 Å². The molecule has 0 saturated heterocycles. The molecule has 0 spiro atoms. The summed E-state index contributed by atoms with van der Waals surface area (Å²) in [5.74, 6) is -0.386. The van der Waals surface area contributed by atoms with Gasteiger partial charge < -0.3 is 10.1 Å². The van der Waals surface area contributed by atoms with Crippen molar-refractivity contribution in [1.29, 1.82) is 0 Å². The number of ether oxygens (including phenoxy) is 1. The third kappa shape index (κ3) is 3.08. The number of para-hydroxylation sites is 1. The van der Waals surface area contributed by atoms with E-state index >= 15 is 0 Å². The van der Waals surface area contributed by atoms with Crippen LogP contribution in [0.15, 0.2) is 47.6 Å². The molecular formula is C15H14ClNO2S. The van der Waals surface area contributed by atoms with Gasteiger partial charge in [-0.05, 0) is 36.8 Å². The standard InChI is InChI=1S/C15H14ClNO2S/c1-9-7-10(15(18)19-2)8-13(20)14(9)17-12-6-4-3-5-11(12)16/h3-8,14,17H,1-2H3. The Kier molecular flexibility index (Phi) is 4.57. The van der Waals surface area contributed by atoms with Crippen molar-refractivity contribution >= 4 is 40.3 Å². The molecule has 3 nitrogen and oxygen atoms in total. The van der Waals surface area contributed by atoms with Crippen molar-refractivity contribution in [3.63, 3.8) is 0 Å². The van der Waals surface area contributed by atoms with Crippen LogP contribution < -0.4 is 5.32 Å². The minimum atomic E-state index is -0.386. The van der Waals surface area contributed by atoms with Gasteiger partial charge in [0.15, 0.2) is 0 Å². The molecule has 0 amide bonds. The Bertz CT molecular complexity index is 622. The molecule has 0 radical (unpaired) electrons. The molecular weight excluding hydrogens is 294 g/mol. The summed E-state index contributed by atoms with van der Waals surface area (Å²) in [7, 11) is 1.35. The molecule has 1 aliphatic rings. The molecule has 0 aliphatic heterocycles. The number of benzene rings is 1. The summed E-state index contributed by atoms with van der Waals surface area (Å²) in [6, 6.07) is 7.31. The number of hydrogen-bond donors (Lipinski definition) is 1. The summed E-state index contributed by atoms with van der Waals surface area (Å²) < 4.78 is 4.71. The SMILES string of the molecule is COC(=O)C1=CC(=S)C(Nc2ccccc2Cl)C(C)=C1. The van der Waals surface area contributed by atoms with Gasteiger partial charge in [0.05, 0.1) is 29.4 Å². The molecule has 0 heterocycles. The number of rotatable bonds is 3. The van der Waals surface area contributed by atoms with Gasteiger partial charge in [0, 0.05) is 4.86 Å². The minimum absolute atomic E-state index is 0.154. The zero-order valence-electron chi connectivity index (χ0n) is 11.1. The van der Waals surface area contributed by atoms with Gasteiger partial charge >= 0.3 is 5.97 Å². The number of thiocarbonyl (C=S) groups is 1. The lowest BCUT2D eigenvalue weighted by Gasteiger charge is -2.24. The molecule has 2 rings (SSSR count). The van der Waals surface area contributed by atoms with E-state index in [9.17, 15) is 4.79 Å². The van der Waals surface area contributed by atoms with Gasteiger partial charge in [0.25, 0.3) is 0 Å². The van der Waals surface area contributed by atoms with Crippen molar-refractivity contribution in [1.82, 2.24) is 0 Å². The second kappa shape index (κ2) is 6.20. The second-order valence-electron chi connectivity index (χ2n) is 4.44. The van der Waals surface area contributed by atoms with Gasteiger partial charge in [-0.3, -0.25) is 0 Å². The van der Waals surface area contributed by atoms with Crippen LogP contribution in [0.5, 0.6) is 0 Å². The first-order chi connectivity index (χ1) is 9.52. The lowest BCUT2D eigenvalue weighted by atomic mass is 9.95. The van der Waals surface area contributed by atoms with Gasteiger partial charge in [-0.2, -0.15) is 0 Å². The van der Waals surface area contributed by atoms with E-state index in [0.717, 1.165) is 11.3 Å². The molecule has 1 aliphatic carbocycles. The predicted molar refractivity (Wildman–Crippen MR) is 85.3 cm³/mol. The lowest BCUT2D eigenvalue weighted by molar-refractivity contribution is -0.135. The molecule has 104 valence electrons. The van der Waals surface area contributed by atoms with Crippen molar-refractivity contribution in [2.75, 3.05) is 12.4 Å². The summed E-state index contributed by atoms with van der Waals surface area (Å²) in [6.07, 6.45) is 3.43. The van der Waals surface area contributed by atoms with Crippen molar-refractivity contribution in [3.8, 4) is 0 Å². The van der Waals surface area contributed by atoms with Crippen LogP contribution in [0.3, 0.4) is 0 Å². The Hall–Kier alpha value is -1.65. The van der Waals surface area contributed by atoms with Gasteiger partial charge in [0.2, 0.25) is 0 Å². The highest BCUT2D eigenvalue weighted by atomic mass is 35.5. The predicted octanol–water partition coefficient (Wildman–Crippen LogP) is 3.55. The van der Waals surface area contributed by atoms with Crippen LogP contribution in [0.25, 0.3) is 0 Å². The summed E-state index contributed by atoms with van der Waals surface area (Å²) in [5, 5.41) is 3.92. The highest BCUT2D eigenvalue weighted by Gasteiger charge is 2.23.